The minimum Gasteiger partial charge on any atom is -0.486 e. The Kier molecular flexibility index (Phi) is 6.48. The van der Waals surface area contributed by atoms with Crippen LogP contribution >= 0.6 is 0 Å². The van der Waals surface area contributed by atoms with Crippen LogP contribution in [-0.4, -0.2) is 68.6 Å². The Labute approximate surface area is 200 Å². The molecule has 1 saturated heterocycles. The van der Waals surface area contributed by atoms with Crippen molar-refractivity contribution in [2.75, 3.05) is 31.3 Å². The summed E-state index contributed by atoms with van der Waals surface area (Å²) >= 11 is 0. The molecule has 4 aliphatic rings. The van der Waals surface area contributed by atoms with Crippen LogP contribution in [0.5, 0.6) is 11.5 Å². The summed E-state index contributed by atoms with van der Waals surface area (Å²) in [6.45, 7) is 0.621. The van der Waals surface area contributed by atoms with Gasteiger partial charge in [0.25, 0.3) is 5.91 Å². The highest BCUT2D eigenvalue weighted by Gasteiger charge is 2.46. The molecule has 1 aromatic rings. The van der Waals surface area contributed by atoms with Gasteiger partial charge in [-0.1, -0.05) is 31.7 Å². The number of sulfone groups is 1. The summed E-state index contributed by atoms with van der Waals surface area (Å²) in [5.74, 6) is 0.753. The molecule has 8 nitrogen and oxygen atoms in total. The number of esters is 1. The monoisotopic (exact) mass is 491 g/mol. The molecule has 0 N–H and O–H groups in total. The van der Waals surface area contributed by atoms with Gasteiger partial charge in [0.2, 0.25) is 0 Å². The lowest BCUT2D eigenvalue weighted by Gasteiger charge is -2.34. The molecule has 2 aliphatic heterocycles. The molecule has 1 unspecified atom stereocenters. The van der Waals surface area contributed by atoms with Gasteiger partial charge in [0.15, 0.2) is 27.9 Å². The van der Waals surface area contributed by atoms with Gasteiger partial charge in [0.1, 0.15) is 13.2 Å². The molecule has 2 heterocycles. The molecule has 0 aromatic heterocycles. The van der Waals surface area contributed by atoms with Crippen LogP contribution in [-0.2, 0) is 29.6 Å². The Balaban J connectivity index is 1.31. The fraction of sp³-hybridized carbons (Fsp3) is 0.680. The summed E-state index contributed by atoms with van der Waals surface area (Å²) in [7, 11) is -3.13. The highest BCUT2D eigenvalue weighted by molar-refractivity contribution is 7.91. The molecule has 2 aliphatic carbocycles. The molecule has 0 radical (unpaired) electrons. The van der Waals surface area contributed by atoms with Crippen LogP contribution in [0.2, 0.25) is 0 Å². The van der Waals surface area contributed by atoms with Crippen molar-refractivity contribution in [3.63, 3.8) is 0 Å². The van der Waals surface area contributed by atoms with Gasteiger partial charge in [-0.3, -0.25) is 9.59 Å². The number of rotatable bonds is 6. The van der Waals surface area contributed by atoms with Crippen LogP contribution < -0.4 is 9.47 Å². The number of nitrogens with zero attached hydrogens (tertiary/aromatic N) is 1. The highest BCUT2D eigenvalue weighted by atomic mass is 32.2. The van der Waals surface area contributed by atoms with Crippen molar-refractivity contribution in [1.29, 1.82) is 0 Å². The molecule has 1 aromatic carbocycles. The van der Waals surface area contributed by atoms with Gasteiger partial charge in [-0.2, -0.15) is 0 Å². The summed E-state index contributed by atoms with van der Waals surface area (Å²) < 4.78 is 41.2. The van der Waals surface area contributed by atoms with E-state index in [1.54, 1.807) is 4.90 Å². The fourth-order valence-corrected chi connectivity index (χ4v) is 7.86. The SMILES string of the molecule is O=C(COC(=O)C1(c2ccc3c(c2)OCCO3)CCCC1)N(C1CCCC1)C1CCS(=O)(=O)C1. The molecule has 2 saturated carbocycles. The lowest BCUT2D eigenvalue weighted by atomic mass is 9.78. The van der Waals surface area contributed by atoms with Crippen LogP contribution in [0.1, 0.15) is 63.4 Å². The van der Waals surface area contributed by atoms with E-state index in [0.29, 0.717) is 44.0 Å². The predicted molar refractivity (Wildman–Crippen MR) is 125 cm³/mol. The van der Waals surface area contributed by atoms with Gasteiger partial charge in [0.05, 0.1) is 16.9 Å². The standard InChI is InChI=1S/C25H33NO7S/c27-23(26(19-5-1-2-6-19)20-9-14-34(29,30)17-20)16-33-24(28)25(10-3-4-11-25)18-7-8-21-22(15-18)32-13-12-31-21/h7-8,15,19-20H,1-6,9-14,16-17H2. The van der Waals surface area contributed by atoms with Gasteiger partial charge in [-0.25, -0.2) is 8.42 Å². The third-order valence-corrected chi connectivity index (χ3v) is 9.63. The normalized spacial score (nSPS) is 25.2. The third kappa shape index (κ3) is 4.51. The summed E-state index contributed by atoms with van der Waals surface area (Å²) in [6, 6.07) is 5.32. The van der Waals surface area contributed by atoms with E-state index in [1.807, 2.05) is 18.2 Å². The van der Waals surface area contributed by atoms with E-state index in [2.05, 4.69) is 0 Å². The number of hydrogen-bond acceptors (Lipinski definition) is 7. The largest absolute Gasteiger partial charge is 0.486 e. The number of hydrogen-bond donors (Lipinski definition) is 0. The van der Waals surface area contributed by atoms with E-state index in [-0.39, 0.29) is 42.1 Å². The van der Waals surface area contributed by atoms with Crippen molar-refractivity contribution in [3.05, 3.63) is 23.8 Å². The first-order valence-electron chi connectivity index (χ1n) is 12.5. The molecule has 9 heteroatoms. The van der Waals surface area contributed by atoms with Crippen LogP contribution in [0.15, 0.2) is 18.2 Å². The van der Waals surface area contributed by atoms with Crippen LogP contribution in [0.25, 0.3) is 0 Å². The summed E-state index contributed by atoms with van der Waals surface area (Å²) in [5.41, 5.74) is 0.0339. The first-order valence-corrected chi connectivity index (χ1v) is 14.3. The number of fused-ring (bicyclic) bond motifs is 1. The highest BCUT2D eigenvalue weighted by Crippen LogP contribution is 2.45. The van der Waals surface area contributed by atoms with E-state index < -0.39 is 15.3 Å². The third-order valence-electron chi connectivity index (χ3n) is 7.88. The van der Waals surface area contributed by atoms with Crippen molar-refractivity contribution in [1.82, 2.24) is 4.90 Å². The second kappa shape index (κ2) is 9.40. The zero-order chi connectivity index (χ0) is 23.8. The lowest BCUT2D eigenvalue weighted by Crippen LogP contribution is -2.49. The summed E-state index contributed by atoms with van der Waals surface area (Å²) in [4.78, 5) is 28.5. The van der Waals surface area contributed by atoms with E-state index >= 15 is 0 Å². The van der Waals surface area contributed by atoms with E-state index in [0.717, 1.165) is 44.1 Å². The Hall–Kier alpha value is -2.29. The maximum atomic E-state index is 13.4. The van der Waals surface area contributed by atoms with Gasteiger partial charge in [-0.15, -0.1) is 0 Å². The van der Waals surface area contributed by atoms with Gasteiger partial charge < -0.3 is 19.1 Å². The maximum Gasteiger partial charge on any atom is 0.317 e. The maximum absolute atomic E-state index is 13.4. The van der Waals surface area contributed by atoms with Crippen LogP contribution in [0, 0.1) is 0 Å². The topological polar surface area (TPSA) is 99.2 Å². The zero-order valence-electron chi connectivity index (χ0n) is 19.5. The second-order valence-corrected chi connectivity index (χ2v) is 12.2. The number of benzene rings is 1. The molecule has 0 spiro atoms. The first kappa shape index (κ1) is 23.5. The average molecular weight is 492 g/mol. The molecule has 34 heavy (non-hydrogen) atoms. The van der Waals surface area contributed by atoms with Crippen molar-refractivity contribution >= 4 is 21.7 Å². The number of carbonyl (C=O) groups is 2. The quantitative estimate of drug-likeness (QED) is 0.564. The smallest absolute Gasteiger partial charge is 0.317 e. The van der Waals surface area contributed by atoms with E-state index in [4.69, 9.17) is 14.2 Å². The Morgan fingerprint density at radius 3 is 2.35 bits per heavy atom. The van der Waals surface area contributed by atoms with Gasteiger partial charge >= 0.3 is 5.97 Å². The van der Waals surface area contributed by atoms with Crippen LogP contribution in [0.3, 0.4) is 0 Å². The number of ether oxygens (including phenoxy) is 3. The summed E-state index contributed by atoms with van der Waals surface area (Å²) in [6.07, 6.45) is 7.40. The predicted octanol–water partition coefficient (Wildman–Crippen LogP) is 2.77. The minimum atomic E-state index is -3.13. The lowest BCUT2D eigenvalue weighted by molar-refractivity contribution is -0.158. The molecule has 5 rings (SSSR count). The number of amides is 1. The fourth-order valence-electron chi connectivity index (χ4n) is 6.15. The average Bonchev–Trinajstić information content (AvgIpc) is 3.59. The molecule has 1 amide bonds. The Morgan fingerprint density at radius 2 is 1.68 bits per heavy atom. The van der Waals surface area contributed by atoms with Crippen molar-refractivity contribution in [2.45, 2.75) is 75.3 Å². The van der Waals surface area contributed by atoms with Crippen molar-refractivity contribution < 1.29 is 32.2 Å². The first-order chi connectivity index (χ1) is 16.4. The van der Waals surface area contributed by atoms with E-state index in [9.17, 15) is 18.0 Å². The van der Waals surface area contributed by atoms with Crippen molar-refractivity contribution in [2.24, 2.45) is 0 Å². The van der Waals surface area contributed by atoms with Gasteiger partial charge in [-0.05, 0) is 49.8 Å². The molecule has 186 valence electrons. The van der Waals surface area contributed by atoms with Crippen molar-refractivity contribution in [3.8, 4) is 11.5 Å². The molecular weight excluding hydrogens is 458 g/mol. The zero-order valence-corrected chi connectivity index (χ0v) is 20.3. The Morgan fingerprint density at radius 1 is 0.971 bits per heavy atom. The number of carbonyl (C=O) groups excluding carboxylic acids is 2. The van der Waals surface area contributed by atoms with Crippen LogP contribution in [0.4, 0.5) is 0 Å². The summed E-state index contributed by atoms with van der Waals surface area (Å²) in [5, 5.41) is 0. The molecular formula is C25H33NO7S. The van der Waals surface area contributed by atoms with E-state index in [1.165, 1.54) is 0 Å². The molecule has 0 bridgehead atoms. The Bertz CT molecular complexity index is 1040. The minimum absolute atomic E-state index is 0.00429. The molecule has 1 atom stereocenters. The second-order valence-electron chi connectivity index (χ2n) is 10.0. The molecule has 3 fully saturated rings. The van der Waals surface area contributed by atoms with Gasteiger partial charge in [0, 0.05) is 12.1 Å².